The molecule has 1 saturated heterocycles. The van der Waals surface area contributed by atoms with E-state index < -0.39 is 0 Å². The summed E-state index contributed by atoms with van der Waals surface area (Å²) in [6.07, 6.45) is 1.41. The summed E-state index contributed by atoms with van der Waals surface area (Å²) >= 11 is 0. The maximum Gasteiger partial charge on any atom is 0.290 e. The molecule has 1 aliphatic rings. The van der Waals surface area contributed by atoms with Crippen molar-refractivity contribution in [3.05, 3.63) is 54.0 Å². The van der Waals surface area contributed by atoms with Gasteiger partial charge in [-0.1, -0.05) is 36.4 Å². The summed E-state index contributed by atoms with van der Waals surface area (Å²) in [4.78, 5) is 29.0. The van der Waals surface area contributed by atoms with Gasteiger partial charge in [-0.15, -0.1) is 5.10 Å². The molecule has 1 fully saturated rings. The van der Waals surface area contributed by atoms with Crippen LogP contribution >= 0.6 is 0 Å². The minimum absolute atomic E-state index is 0.0687. The van der Waals surface area contributed by atoms with Crippen LogP contribution in [-0.4, -0.2) is 68.0 Å². The van der Waals surface area contributed by atoms with E-state index in [2.05, 4.69) is 15.5 Å². The van der Waals surface area contributed by atoms with Crippen LogP contribution in [0.3, 0.4) is 0 Å². The van der Waals surface area contributed by atoms with E-state index in [0.29, 0.717) is 31.9 Å². The highest BCUT2D eigenvalue weighted by molar-refractivity contribution is 6.08. The predicted octanol–water partition coefficient (Wildman–Crippen LogP) is 1.87. The molecule has 1 aliphatic heterocycles. The molecular formula is C21H20N6O3. The lowest BCUT2D eigenvalue weighted by Crippen LogP contribution is -2.51. The van der Waals surface area contributed by atoms with E-state index >= 15 is 0 Å². The van der Waals surface area contributed by atoms with Gasteiger partial charge in [-0.3, -0.25) is 9.59 Å². The molecule has 0 bridgehead atoms. The Morgan fingerprint density at radius 3 is 2.53 bits per heavy atom. The van der Waals surface area contributed by atoms with Crippen molar-refractivity contribution in [2.75, 3.05) is 26.2 Å². The number of aromatic nitrogens is 4. The molecule has 3 heterocycles. The molecule has 30 heavy (non-hydrogen) atoms. The molecule has 0 spiro atoms. The zero-order valence-corrected chi connectivity index (χ0v) is 16.5. The van der Waals surface area contributed by atoms with E-state index in [4.69, 9.17) is 4.42 Å². The van der Waals surface area contributed by atoms with Crippen molar-refractivity contribution in [2.45, 2.75) is 13.5 Å². The summed E-state index contributed by atoms with van der Waals surface area (Å²) in [5, 5.41) is 13.8. The Balaban J connectivity index is 1.33. The lowest BCUT2D eigenvalue weighted by atomic mass is 10.1. The van der Waals surface area contributed by atoms with Crippen LogP contribution in [0.25, 0.3) is 21.7 Å². The topological polar surface area (TPSA) is 97.4 Å². The lowest BCUT2D eigenvalue weighted by molar-refractivity contribution is -0.133. The van der Waals surface area contributed by atoms with E-state index in [1.165, 1.54) is 11.0 Å². The first-order valence-corrected chi connectivity index (χ1v) is 9.80. The molecule has 0 saturated carbocycles. The summed E-state index contributed by atoms with van der Waals surface area (Å²) in [5.74, 6) is 0.163. The summed E-state index contributed by atoms with van der Waals surface area (Å²) in [6.45, 7) is 3.86. The highest BCUT2D eigenvalue weighted by Gasteiger charge is 2.28. The van der Waals surface area contributed by atoms with Crippen LogP contribution in [-0.2, 0) is 11.3 Å². The van der Waals surface area contributed by atoms with Crippen molar-refractivity contribution in [3.8, 4) is 0 Å². The first-order chi connectivity index (χ1) is 14.6. The molecule has 0 aliphatic carbocycles. The van der Waals surface area contributed by atoms with Crippen LogP contribution in [0.5, 0.6) is 0 Å². The highest BCUT2D eigenvalue weighted by Crippen LogP contribution is 2.32. The molecule has 152 valence electrons. The second-order valence-corrected chi connectivity index (χ2v) is 7.40. The number of nitrogens with zero attached hydrogens (tertiary/aromatic N) is 6. The van der Waals surface area contributed by atoms with Crippen LogP contribution in [0, 0.1) is 6.92 Å². The largest absolute Gasteiger partial charge is 0.450 e. The van der Waals surface area contributed by atoms with Crippen LogP contribution in [0.15, 0.2) is 47.1 Å². The molecule has 5 rings (SSSR count). The van der Waals surface area contributed by atoms with Crippen molar-refractivity contribution in [1.82, 2.24) is 30.0 Å². The average Bonchev–Trinajstić information content (AvgIpc) is 3.41. The molecule has 9 nitrogen and oxygen atoms in total. The Bertz CT molecular complexity index is 1240. The third kappa shape index (κ3) is 3.08. The van der Waals surface area contributed by atoms with Gasteiger partial charge in [-0.05, 0) is 22.7 Å². The van der Waals surface area contributed by atoms with Gasteiger partial charge in [0, 0.05) is 42.5 Å². The third-order valence-electron chi connectivity index (χ3n) is 5.63. The number of carbonyl (C=O) groups is 2. The van der Waals surface area contributed by atoms with Gasteiger partial charge in [0.05, 0.1) is 0 Å². The van der Waals surface area contributed by atoms with E-state index in [0.717, 1.165) is 27.3 Å². The molecule has 2 amide bonds. The van der Waals surface area contributed by atoms with Gasteiger partial charge in [0.1, 0.15) is 18.5 Å². The smallest absolute Gasteiger partial charge is 0.290 e. The van der Waals surface area contributed by atoms with Crippen molar-refractivity contribution in [2.24, 2.45) is 0 Å². The number of hydrogen-bond acceptors (Lipinski definition) is 6. The normalized spacial score (nSPS) is 14.6. The maximum atomic E-state index is 13.2. The van der Waals surface area contributed by atoms with Gasteiger partial charge in [-0.25, -0.2) is 4.68 Å². The molecular weight excluding hydrogens is 384 g/mol. The van der Waals surface area contributed by atoms with Crippen molar-refractivity contribution < 1.29 is 14.0 Å². The van der Waals surface area contributed by atoms with Crippen LogP contribution in [0.1, 0.15) is 16.1 Å². The molecule has 0 unspecified atom stereocenters. The summed E-state index contributed by atoms with van der Waals surface area (Å²) in [6, 6.07) is 12.0. The number of piperazine rings is 1. The van der Waals surface area contributed by atoms with Gasteiger partial charge in [0.2, 0.25) is 5.91 Å². The Hall–Kier alpha value is -3.75. The number of hydrogen-bond donors (Lipinski definition) is 0. The fraction of sp³-hybridized carbons (Fsp3) is 0.286. The fourth-order valence-corrected chi connectivity index (χ4v) is 3.95. The highest BCUT2D eigenvalue weighted by atomic mass is 16.3. The first-order valence-electron chi connectivity index (χ1n) is 9.80. The van der Waals surface area contributed by atoms with E-state index in [1.807, 2.05) is 43.3 Å². The van der Waals surface area contributed by atoms with Gasteiger partial charge in [0.15, 0.2) is 5.76 Å². The number of aryl methyl sites for hydroxylation is 1. The molecule has 9 heteroatoms. The van der Waals surface area contributed by atoms with E-state index in [1.54, 1.807) is 9.80 Å². The number of rotatable bonds is 3. The Morgan fingerprint density at radius 1 is 1.00 bits per heavy atom. The van der Waals surface area contributed by atoms with Crippen LogP contribution in [0.2, 0.25) is 0 Å². The minimum atomic E-state index is -0.139. The standard InChI is InChI=1S/C21H20N6O3/c1-14-16-7-6-15-4-2-3-5-17(15)20(16)30-19(14)21(29)26-10-8-25(9-11-26)18(28)12-27-13-22-23-24-27/h2-7,13H,8-12H2,1H3. The first kappa shape index (κ1) is 18.3. The van der Waals surface area contributed by atoms with Gasteiger partial charge >= 0.3 is 0 Å². The number of benzene rings is 2. The quantitative estimate of drug-likeness (QED) is 0.517. The van der Waals surface area contributed by atoms with E-state index in [-0.39, 0.29) is 18.4 Å². The zero-order chi connectivity index (χ0) is 20.7. The molecule has 0 radical (unpaired) electrons. The zero-order valence-electron chi connectivity index (χ0n) is 16.5. The Labute approximate surface area is 171 Å². The number of furan rings is 1. The minimum Gasteiger partial charge on any atom is -0.450 e. The Morgan fingerprint density at radius 2 is 1.77 bits per heavy atom. The fourth-order valence-electron chi connectivity index (χ4n) is 3.95. The summed E-state index contributed by atoms with van der Waals surface area (Å²) in [5.41, 5.74) is 1.59. The van der Waals surface area contributed by atoms with Crippen molar-refractivity contribution in [3.63, 3.8) is 0 Å². The third-order valence-corrected chi connectivity index (χ3v) is 5.63. The molecule has 0 N–H and O–H groups in total. The predicted molar refractivity (Wildman–Crippen MR) is 109 cm³/mol. The molecule has 4 aromatic rings. The molecule has 0 atom stereocenters. The molecule has 2 aromatic heterocycles. The van der Waals surface area contributed by atoms with Crippen LogP contribution in [0.4, 0.5) is 0 Å². The van der Waals surface area contributed by atoms with Crippen LogP contribution < -0.4 is 0 Å². The average molecular weight is 404 g/mol. The van der Waals surface area contributed by atoms with Gasteiger partial charge < -0.3 is 14.2 Å². The SMILES string of the molecule is Cc1c(C(=O)N2CCN(C(=O)Cn3cnnn3)CC2)oc2c1ccc1ccccc12. The number of amides is 2. The maximum absolute atomic E-state index is 13.2. The molecule has 2 aromatic carbocycles. The monoisotopic (exact) mass is 404 g/mol. The van der Waals surface area contributed by atoms with Gasteiger partial charge in [-0.2, -0.15) is 0 Å². The van der Waals surface area contributed by atoms with E-state index in [9.17, 15) is 9.59 Å². The summed E-state index contributed by atoms with van der Waals surface area (Å²) < 4.78 is 7.47. The number of tetrazole rings is 1. The van der Waals surface area contributed by atoms with Gasteiger partial charge in [0.25, 0.3) is 5.91 Å². The number of carbonyl (C=O) groups excluding carboxylic acids is 2. The number of fused-ring (bicyclic) bond motifs is 3. The lowest BCUT2D eigenvalue weighted by Gasteiger charge is -2.34. The Kier molecular flexibility index (Phi) is 4.42. The second-order valence-electron chi connectivity index (χ2n) is 7.40. The second kappa shape index (κ2) is 7.25. The summed E-state index contributed by atoms with van der Waals surface area (Å²) in [7, 11) is 0. The van der Waals surface area contributed by atoms with Crippen molar-refractivity contribution >= 4 is 33.6 Å². The van der Waals surface area contributed by atoms with Crippen molar-refractivity contribution in [1.29, 1.82) is 0 Å².